The molecule has 0 radical (unpaired) electrons. The summed E-state index contributed by atoms with van der Waals surface area (Å²) in [6.07, 6.45) is 0.754. The average molecular weight is 266 g/mol. The number of hydrogen-bond acceptors (Lipinski definition) is 4. The number of rotatable bonds is 2. The Kier molecular flexibility index (Phi) is 3.30. The summed E-state index contributed by atoms with van der Waals surface area (Å²) in [5, 5.41) is 4.56. The third-order valence-corrected chi connectivity index (χ3v) is 2.64. The highest BCUT2D eigenvalue weighted by molar-refractivity contribution is 6.31. The van der Waals surface area contributed by atoms with E-state index in [2.05, 4.69) is 30.9 Å². The first-order valence-corrected chi connectivity index (χ1v) is 6.11. The third kappa shape index (κ3) is 3.01. The molecule has 1 aromatic carbocycles. The van der Waals surface area contributed by atoms with Gasteiger partial charge in [0.2, 0.25) is 0 Å². The molecule has 5 heteroatoms. The molecule has 2 rings (SSSR count). The molecule has 0 fully saturated rings. The van der Waals surface area contributed by atoms with Gasteiger partial charge in [-0.25, -0.2) is 0 Å². The molecular formula is C13H16ClN3O. The van der Waals surface area contributed by atoms with Gasteiger partial charge in [0.05, 0.1) is 5.56 Å². The monoisotopic (exact) mass is 265 g/mol. The highest BCUT2D eigenvalue weighted by atomic mass is 35.5. The fraction of sp³-hybridized carbons (Fsp3) is 0.385. The van der Waals surface area contributed by atoms with E-state index in [4.69, 9.17) is 21.9 Å². The van der Waals surface area contributed by atoms with Gasteiger partial charge in [0.1, 0.15) is 0 Å². The predicted molar refractivity (Wildman–Crippen MR) is 72.3 cm³/mol. The minimum absolute atomic E-state index is 0.118. The maximum absolute atomic E-state index is 5.88. The van der Waals surface area contributed by atoms with Gasteiger partial charge in [-0.1, -0.05) is 37.5 Å². The number of nitrogens with two attached hydrogens (primary N) is 1. The Morgan fingerprint density at radius 3 is 2.67 bits per heavy atom. The molecule has 1 heterocycles. The molecule has 2 N–H and O–H groups in total. The molecule has 1 aromatic heterocycles. The summed E-state index contributed by atoms with van der Waals surface area (Å²) < 4.78 is 5.23. The van der Waals surface area contributed by atoms with Gasteiger partial charge >= 0.3 is 0 Å². The van der Waals surface area contributed by atoms with E-state index in [0.29, 0.717) is 28.0 Å². The van der Waals surface area contributed by atoms with Crippen LogP contribution in [0.2, 0.25) is 5.02 Å². The van der Waals surface area contributed by atoms with Crippen LogP contribution in [0.1, 0.15) is 26.6 Å². The first kappa shape index (κ1) is 12.9. The highest BCUT2D eigenvalue weighted by Gasteiger charge is 2.17. The lowest BCUT2D eigenvalue weighted by Crippen LogP contribution is -2.10. The van der Waals surface area contributed by atoms with Crippen molar-refractivity contribution < 1.29 is 4.52 Å². The number of anilines is 1. The van der Waals surface area contributed by atoms with Crippen LogP contribution in [-0.4, -0.2) is 10.1 Å². The fourth-order valence-electron chi connectivity index (χ4n) is 1.64. The van der Waals surface area contributed by atoms with Gasteiger partial charge in [-0.2, -0.15) is 4.98 Å². The molecular weight excluding hydrogens is 250 g/mol. The Morgan fingerprint density at radius 2 is 2.06 bits per heavy atom. The normalized spacial score (nSPS) is 11.8. The first-order chi connectivity index (χ1) is 8.35. The fourth-order valence-corrected chi connectivity index (χ4v) is 1.82. The molecule has 0 atom stereocenters. The number of nitrogen functional groups attached to an aromatic ring is 1. The summed E-state index contributed by atoms with van der Waals surface area (Å²) in [6.45, 7) is 6.37. The van der Waals surface area contributed by atoms with Crippen molar-refractivity contribution in [2.45, 2.75) is 27.2 Å². The largest absolute Gasteiger partial charge is 0.398 e. The van der Waals surface area contributed by atoms with Crippen molar-refractivity contribution in [2.24, 2.45) is 5.41 Å². The van der Waals surface area contributed by atoms with E-state index in [-0.39, 0.29) is 5.41 Å². The van der Waals surface area contributed by atoms with E-state index in [1.165, 1.54) is 0 Å². The van der Waals surface area contributed by atoms with Crippen LogP contribution in [0.15, 0.2) is 22.7 Å². The van der Waals surface area contributed by atoms with Crippen LogP contribution in [0.5, 0.6) is 0 Å². The maximum atomic E-state index is 5.88. The van der Waals surface area contributed by atoms with Crippen molar-refractivity contribution in [3.05, 3.63) is 29.0 Å². The summed E-state index contributed by atoms with van der Waals surface area (Å²) in [6, 6.07) is 5.21. The molecule has 0 amide bonds. The van der Waals surface area contributed by atoms with Gasteiger partial charge in [-0.15, -0.1) is 0 Å². The van der Waals surface area contributed by atoms with Crippen molar-refractivity contribution in [1.82, 2.24) is 10.1 Å². The van der Waals surface area contributed by atoms with E-state index in [1.54, 1.807) is 18.2 Å². The van der Waals surface area contributed by atoms with E-state index in [9.17, 15) is 0 Å². The number of benzene rings is 1. The lowest BCUT2D eigenvalue weighted by atomic mass is 9.92. The zero-order chi connectivity index (χ0) is 13.3. The smallest absolute Gasteiger partial charge is 0.260 e. The van der Waals surface area contributed by atoms with Gasteiger partial charge in [-0.05, 0) is 23.6 Å². The Hall–Kier alpha value is -1.55. The summed E-state index contributed by atoms with van der Waals surface area (Å²) in [4.78, 5) is 4.36. The molecule has 0 saturated heterocycles. The van der Waals surface area contributed by atoms with Crippen molar-refractivity contribution >= 4 is 17.3 Å². The predicted octanol–water partition coefficient (Wildman–Crippen LogP) is 3.56. The van der Waals surface area contributed by atoms with Crippen LogP contribution in [-0.2, 0) is 6.42 Å². The van der Waals surface area contributed by atoms with Gasteiger partial charge in [0, 0.05) is 17.1 Å². The van der Waals surface area contributed by atoms with Gasteiger partial charge in [0.25, 0.3) is 5.89 Å². The molecule has 18 heavy (non-hydrogen) atoms. The van der Waals surface area contributed by atoms with Crippen molar-refractivity contribution in [3.63, 3.8) is 0 Å². The van der Waals surface area contributed by atoms with Gasteiger partial charge in [-0.3, -0.25) is 0 Å². The van der Waals surface area contributed by atoms with Crippen LogP contribution < -0.4 is 5.73 Å². The molecule has 0 spiro atoms. The molecule has 4 nitrogen and oxygen atoms in total. The minimum Gasteiger partial charge on any atom is -0.398 e. The van der Waals surface area contributed by atoms with E-state index in [1.807, 2.05) is 0 Å². The van der Waals surface area contributed by atoms with Crippen molar-refractivity contribution in [2.75, 3.05) is 5.73 Å². The highest BCUT2D eigenvalue weighted by Crippen LogP contribution is 2.28. The first-order valence-electron chi connectivity index (χ1n) is 5.73. The molecule has 0 bridgehead atoms. The zero-order valence-electron chi connectivity index (χ0n) is 10.7. The molecule has 0 aliphatic carbocycles. The van der Waals surface area contributed by atoms with Crippen molar-refractivity contribution in [3.8, 4) is 11.5 Å². The summed E-state index contributed by atoms with van der Waals surface area (Å²) in [5.41, 5.74) is 7.25. The quantitative estimate of drug-likeness (QED) is 0.843. The molecule has 0 unspecified atom stereocenters. The van der Waals surface area contributed by atoms with E-state index < -0.39 is 0 Å². The number of halogens is 1. The lowest BCUT2D eigenvalue weighted by Gasteiger charge is -2.14. The Balaban J connectivity index is 2.29. The Labute approximate surface area is 111 Å². The number of aromatic nitrogens is 2. The minimum atomic E-state index is 0.118. The van der Waals surface area contributed by atoms with Crippen molar-refractivity contribution in [1.29, 1.82) is 0 Å². The average Bonchev–Trinajstić information content (AvgIpc) is 2.63. The second-order valence-corrected chi connectivity index (χ2v) is 5.92. The second-order valence-electron chi connectivity index (χ2n) is 5.48. The van der Waals surface area contributed by atoms with Gasteiger partial charge in [0.15, 0.2) is 5.82 Å². The number of hydrogen-bond donors (Lipinski definition) is 1. The molecule has 0 aliphatic rings. The molecule has 0 saturated carbocycles. The molecule has 96 valence electrons. The summed E-state index contributed by atoms with van der Waals surface area (Å²) in [5.74, 6) is 1.12. The van der Waals surface area contributed by atoms with E-state index >= 15 is 0 Å². The maximum Gasteiger partial charge on any atom is 0.260 e. The number of nitrogens with zero attached hydrogens (tertiary/aromatic N) is 2. The van der Waals surface area contributed by atoms with E-state index in [0.717, 1.165) is 6.42 Å². The van der Waals surface area contributed by atoms with Gasteiger partial charge < -0.3 is 10.3 Å². The van der Waals surface area contributed by atoms with Crippen LogP contribution >= 0.6 is 11.6 Å². The zero-order valence-corrected chi connectivity index (χ0v) is 11.5. The molecule has 0 aliphatic heterocycles. The molecule has 2 aromatic rings. The van der Waals surface area contributed by atoms with Crippen LogP contribution in [0, 0.1) is 5.41 Å². The van der Waals surface area contributed by atoms with Crippen LogP contribution in [0.25, 0.3) is 11.5 Å². The van der Waals surface area contributed by atoms with Crippen LogP contribution in [0.3, 0.4) is 0 Å². The lowest BCUT2D eigenvalue weighted by molar-refractivity contribution is 0.374. The summed E-state index contributed by atoms with van der Waals surface area (Å²) >= 11 is 5.85. The summed E-state index contributed by atoms with van der Waals surface area (Å²) in [7, 11) is 0. The standard InChI is InChI=1S/C13H16ClN3O/c1-13(2,3)7-11-16-12(18-17-11)9-5-4-8(14)6-10(9)15/h4-6H,7,15H2,1-3H3. The second kappa shape index (κ2) is 4.61. The Bertz CT molecular complexity index is 558. The SMILES string of the molecule is CC(C)(C)Cc1noc(-c2ccc(Cl)cc2N)n1. The Morgan fingerprint density at radius 1 is 1.33 bits per heavy atom. The van der Waals surface area contributed by atoms with Crippen LogP contribution in [0.4, 0.5) is 5.69 Å². The topological polar surface area (TPSA) is 64.9 Å². The third-order valence-electron chi connectivity index (χ3n) is 2.40.